The van der Waals surface area contributed by atoms with Crippen LogP contribution in [-0.4, -0.2) is 31.4 Å². The Balaban J connectivity index is 1.80. The largest absolute Gasteiger partial charge is 0.384 e. The molecule has 0 radical (unpaired) electrons. The highest BCUT2D eigenvalue weighted by Crippen LogP contribution is 2.43. The van der Waals surface area contributed by atoms with Gasteiger partial charge in [-0.1, -0.05) is 25.1 Å². The van der Waals surface area contributed by atoms with Crippen molar-refractivity contribution in [3.63, 3.8) is 0 Å². The third-order valence-corrected chi connectivity index (χ3v) is 6.66. The first-order chi connectivity index (χ1) is 9.63. The molecule has 2 aromatic heterocycles. The van der Waals surface area contributed by atoms with E-state index in [4.69, 9.17) is 10.3 Å². The Morgan fingerprint density at radius 1 is 1.25 bits per heavy atom. The molecule has 2 N–H and O–H groups in total. The van der Waals surface area contributed by atoms with Gasteiger partial charge >= 0.3 is 0 Å². The van der Waals surface area contributed by atoms with Crippen LogP contribution in [0.5, 0.6) is 0 Å². The lowest BCUT2D eigenvalue weighted by molar-refractivity contribution is 0.421. The minimum absolute atomic E-state index is 0.282. The lowest BCUT2D eigenvalue weighted by Crippen LogP contribution is -2.22. The highest BCUT2D eigenvalue weighted by atomic mass is 32.2. The molecule has 0 aromatic carbocycles. The Bertz CT molecular complexity index is 604. The molecule has 7 heteroatoms. The smallest absolute Gasteiger partial charge is 0.276 e. The normalized spacial score (nSPS) is 26.6. The number of hydrogen-bond acceptors (Lipinski definition) is 7. The number of aromatic nitrogens is 3. The number of hydrogen-bond donors (Lipinski definition) is 1. The summed E-state index contributed by atoms with van der Waals surface area (Å²) in [5, 5.41) is 5.64. The molecule has 3 heterocycles. The molecule has 3 unspecified atom stereocenters. The standard InChI is InChI=1S/C13H16N4OS2/c1-7-8(2)20-10(6-19-7)12-16-13(18-17-12)9-4-3-5-11(14)15-9/h3-5,7-8,10H,6H2,1-2H3,(H2,14,15). The van der Waals surface area contributed by atoms with Gasteiger partial charge < -0.3 is 10.3 Å². The molecule has 5 nitrogen and oxygen atoms in total. The Labute approximate surface area is 126 Å². The minimum Gasteiger partial charge on any atom is -0.384 e. The van der Waals surface area contributed by atoms with Gasteiger partial charge in [0.1, 0.15) is 11.5 Å². The van der Waals surface area contributed by atoms with Crippen LogP contribution < -0.4 is 5.73 Å². The lowest BCUT2D eigenvalue weighted by atomic mass is 10.3. The maximum Gasteiger partial charge on any atom is 0.276 e. The number of nitrogen functional groups attached to an aromatic ring is 1. The lowest BCUT2D eigenvalue weighted by Gasteiger charge is -2.29. The van der Waals surface area contributed by atoms with Crippen LogP contribution >= 0.6 is 23.5 Å². The van der Waals surface area contributed by atoms with Gasteiger partial charge in [-0.15, -0.1) is 11.8 Å². The van der Waals surface area contributed by atoms with Crippen LogP contribution in [0.15, 0.2) is 22.7 Å². The van der Waals surface area contributed by atoms with E-state index in [0.717, 1.165) is 11.6 Å². The SMILES string of the molecule is CC1SCC(c2noc(-c3cccc(N)n3)n2)SC1C. The van der Waals surface area contributed by atoms with E-state index in [-0.39, 0.29) is 5.25 Å². The minimum atomic E-state index is 0.282. The molecule has 0 spiro atoms. The van der Waals surface area contributed by atoms with Crippen LogP contribution in [0, 0.1) is 0 Å². The Morgan fingerprint density at radius 3 is 2.85 bits per heavy atom. The topological polar surface area (TPSA) is 77.8 Å². The second kappa shape index (κ2) is 5.65. The van der Waals surface area contributed by atoms with Gasteiger partial charge in [-0.25, -0.2) is 4.98 Å². The van der Waals surface area contributed by atoms with Crippen molar-refractivity contribution in [1.82, 2.24) is 15.1 Å². The molecular weight excluding hydrogens is 292 g/mol. The van der Waals surface area contributed by atoms with Crippen molar-refractivity contribution in [2.75, 3.05) is 11.5 Å². The van der Waals surface area contributed by atoms with Crippen LogP contribution in [0.1, 0.15) is 24.9 Å². The fraction of sp³-hybridized carbons (Fsp3) is 0.462. The molecule has 1 aliphatic heterocycles. The maximum absolute atomic E-state index is 5.67. The van der Waals surface area contributed by atoms with Crippen molar-refractivity contribution in [3.05, 3.63) is 24.0 Å². The van der Waals surface area contributed by atoms with Gasteiger partial charge in [-0.05, 0) is 12.1 Å². The van der Waals surface area contributed by atoms with Gasteiger partial charge in [0.2, 0.25) is 0 Å². The van der Waals surface area contributed by atoms with Gasteiger partial charge in [0.15, 0.2) is 5.82 Å². The monoisotopic (exact) mass is 308 g/mol. The van der Waals surface area contributed by atoms with Gasteiger partial charge in [-0.3, -0.25) is 0 Å². The maximum atomic E-state index is 5.67. The first kappa shape index (κ1) is 13.8. The van der Waals surface area contributed by atoms with Crippen molar-refractivity contribution in [2.24, 2.45) is 0 Å². The van der Waals surface area contributed by atoms with E-state index in [1.807, 2.05) is 35.7 Å². The van der Waals surface area contributed by atoms with Crippen molar-refractivity contribution in [2.45, 2.75) is 29.6 Å². The molecular formula is C13H16N4OS2. The Morgan fingerprint density at radius 2 is 2.10 bits per heavy atom. The van der Waals surface area contributed by atoms with E-state index >= 15 is 0 Å². The zero-order valence-electron chi connectivity index (χ0n) is 11.3. The van der Waals surface area contributed by atoms with Crippen molar-refractivity contribution in [3.8, 4) is 11.6 Å². The molecule has 1 aliphatic rings. The van der Waals surface area contributed by atoms with Crippen LogP contribution in [0.3, 0.4) is 0 Å². The van der Waals surface area contributed by atoms with Gasteiger partial charge in [0.05, 0.1) is 5.25 Å². The molecule has 3 atom stereocenters. The number of rotatable bonds is 2. The van der Waals surface area contributed by atoms with Crippen molar-refractivity contribution >= 4 is 29.3 Å². The first-order valence-electron chi connectivity index (χ1n) is 6.47. The summed E-state index contributed by atoms with van der Waals surface area (Å²) in [7, 11) is 0. The fourth-order valence-corrected chi connectivity index (χ4v) is 4.79. The number of nitrogens with zero attached hydrogens (tertiary/aromatic N) is 3. The summed E-state index contributed by atoms with van der Waals surface area (Å²) in [6, 6.07) is 5.38. The molecule has 3 rings (SSSR count). The van der Waals surface area contributed by atoms with Crippen LogP contribution in [0.2, 0.25) is 0 Å². The zero-order chi connectivity index (χ0) is 14.1. The van der Waals surface area contributed by atoms with Crippen LogP contribution in [0.4, 0.5) is 5.82 Å². The molecule has 0 bridgehead atoms. The number of nitrogens with two attached hydrogens (primary N) is 1. The summed E-state index contributed by atoms with van der Waals surface area (Å²) < 4.78 is 5.32. The zero-order valence-corrected chi connectivity index (χ0v) is 12.9. The predicted octanol–water partition coefficient (Wildman–Crippen LogP) is 3.01. The molecule has 0 saturated carbocycles. The van der Waals surface area contributed by atoms with E-state index < -0.39 is 0 Å². The van der Waals surface area contributed by atoms with E-state index in [9.17, 15) is 0 Å². The van der Waals surface area contributed by atoms with E-state index in [2.05, 4.69) is 29.0 Å². The summed E-state index contributed by atoms with van der Waals surface area (Å²) in [5.74, 6) is 2.65. The summed E-state index contributed by atoms with van der Waals surface area (Å²) in [5.41, 5.74) is 6.29. The fourth-order valence-electron chi connectivity index (χ4n) is 1.96. The predicted molar refractivity (Wildman–Crippen MR) is 83.7 cm³/mol. The van der Waals surface area contributed by atoms with Crippen LogP contribution in [0.25, 0.3) is 11.6 Å². The molecule has 1 fully saturated rings. The summed E-state index contributed by atoms with van der Waals surface area (Å²) >= 11 is 3.87. The number of thioether (sulfide) groups is 2. The number of anilines is 1. The van der Waals surface area contributed by atoms with E-state index in [1.165, 1.54) is 0 Å². The van der Waals surface area contributed by atoms with Crippen molar-refractivity contribution in [1.29, 1.82) is 0 Å². The molecule has 0 amide bonds. The molecule has 0 aliphatic carbocycles. The second-order valence-corrected chi connectivity index (χ2v) is 7.77. The summed E-state index contributed by atoms with van der Waals surface area (Å²) in [4.78, 5) is 8.67. The molecule has 106 valence electrons. The van der Waals surface area contributed by atoms with E-state index in [1.54, 1.807) is 6.07 Å². The highest BCUT2D eigenvalue weighted by Gasteiger charge is 2.30. The van der Waals surface area contributed by atoms with Crippen LogP contribution in [-0.2, 0) is 0 Å². The Kier molecular flexibility index (Phi) is 3.89. The van der Waals surface area contributed by atoms with Crippen molar-refractivity contribution < 1.29 is 4.52 Å². The summed E-state index contributed by atoms with van der Waals surface area (Å²) in [6.45, 7) is 4.51. The average molecular weight is 308 g/mol. The quantitative estimate of drug-likeness (QED) is 0.913. The summed E-state index contributed by atoms with van der Waals surface area (Å²) in [6.07, 6.45) is 0. The molecule has 1 saturated heterocycles. The molecule has 2 aromatic rings. The average Bonchev–Trinajstić information content (AvgIpc) is 2.92. The Hall–Kier alpha value is -1.21. The molecule has 20 heavy (non-hydrogen) atoms. The third kappa shape index (κ3) is 2.78. The highest BCUT2D eigenvalue weighted by molar-refractivity contribution is 8.07. The van der Waals surface area contributed by atoms with Gasteiger partial charge in [0, 0.05) is 16.3 Å². The first-order valence-corrected chi connectivity index (χ1v) is 8.46. The van der Waals surface area contributed by atoms with Gasteiger partial charge in [0.25, 0.3) is 5.89 Å². The van der Waals surface area contributed by atoms with Gasteiger partial charge in [-0.2, -0.15) is 16.7 Å². The third-order valence-electron chi connectivity index (χ3n) is 3.27. The number of pyridine rings is 1. The second-order valence-electron chi connectivity index (χ2n) is 4.77. The van der Waals surface area contributed by atoms with E-state index in [0.29, 0.717) is 27.9 Å².